The lowest BCUT2D eigenvalue weighted by Gasteiger charge is -2.13. The predicted molar refractivity (Wildman–Crippen MR) is 127 cm³/mol. The fourth-order valence-corrected chi connectivity index (χ4v) is 2.81. The summed E-state index contributed by atoms with van der Waals surface area (Å²) in [5.74, 6) is 1.00. The quantitative estimate of drug-likeness (QED) is 0.267. The molecule has 0 aromatic heterocycles. The van der Waals surface area contributed by atoms with Gasteiger partial charge in [0.05, 0.1) is 0 Å². The van der Waals surface area contributed by atoms with Crippen molar-refractivity contribution in [3.8, 4) is 5.75 Å². The summed E-state index contributed by atoms with van der Waals surface area (Å²) in [5, 5.41) is 9.30. The van der Waals surface area contributed by atoms with E-state index in [1.807, 2.05) is 30.3 Å². The highest BCUT2D eigenvalue weighted by Gasteiger charge is 2.23. The van der Waals surface area contributed by atoms with E-state index in [2.05, 4.69) is 20.9 Å². The predicted octanol–water partition coefficient (Wildman–Crippen LogP) is 3.01. The van der Waals surface area contributed by atoms with E-state index in [1.165, 1.54) is 6.07 Å². The minimum absolute atomic E-state index is 0. The maximum absolute atomic E-state index is 13.7. The van der Waals surface area contributed by atoms with E-state index in [1.54, 1.807) is 19.2 Å². The molecule has 8 heteroatoms. The molecular formula is C22H28FIN4O2. The zero-order valence-electron chi connectivity index (χ0n) is 17.0. The highest BCUT2D eigenvalue weighted by atomic mass is 127. The second-order valence-electron chi connectivity index (χ2n) is 6.97. The van der Waals surface area contributed by atoms with Gasteiger partial charge in [0, 0.05) is 26.2 Å². The Kier molecular flexibility index (Phi) is 9.85. The molecule has 0 unspecified atom stereocenters. The second-order valence-corrected chi connectivity index (χ2v) is 6.97. The summed E-state index contributed by atoms with van der Waals surface area (Å²) in [6.07, 6.45) is 2.69. The maximum Gasteiger partial charge on any atom is 0.258 e. The molecular weight excluding hydrogens is 498 g/mol. The molecule has 0 aliphatic heterocycles. The van der Waals surface area contributed by atoms with Gasteiger partial charge in [0.2, 0.25) is 0 Å². The first-order chi connectivity index (χ1) is 14.1. The monoisotopic (exact) mass is 526 g/mol. The van der Waals surface area contributed by atoms with Crippen molar-refractivity contribution in [1.82, 2.24) is 16.0 Å². The van der Waals surface area contributed by atoms with Gasteiger partial charge in [-0.2, -0.15) is 0 Å². The van der Waals surface area contributed by atoms with E-state index in [0.29, 0.717) is 42.8 Å². The van der Waals surface area contributed by atoms with Crippen molar-refractivity contribution in [1.29, 1.82) is 0 Å². The normalized spacial score (nSPS) is 13.2. The van der Waals surface area contributed by atoms with Crippen molar-refractivity contribution in [3.63, 3.8) is 0 Å². The zero-order valence-corrected chi connectivity index (χ0v) is 19.3. The van der Waals surface area contributed by atoms with Gasteiger partial charge in [-0.15, -0.1) is 24.0 Å². The third-order valence-electron chi connectivity index (χ3n) is 4.54. The Bertz CT molecular complexity index is 859. The minimum Gasteiger partial charge on any atom is -0.484 e. The minimum atomic E-state index is -0.195. The van der Waals surface area contributed by atoms with Gasteiger partial charge >= 0.3 is 0 Å². The Balaban J connectivity index is 0.00000320. The highest BCUT2D eigenvalue weighted by Crippen LogP contribution is 2.18. The lowest BCUT2D eigenvalue weighted by atomic mass is 10.1. The van der Waals surface area contributed by atoms with Crippen LogP contribution < -0.4 is 20.7 Å². The van der Waals surface area contributed by atoms with Crippen LogP contribution in [0.5, 0.6) is 5.75 Å². The number of benzene rings is 2. The third kappa shape index (κ3) is 8.17. The van der Waals surface area contributed by atoms with Crippen LogP contribution in [0, 0.1) is 5.82 Å². The van der Waals surface area contributed by atoms with E-state index in [9.17, 15) is 9.18 Å². The molecule has 1 amide bonds. The summed E-state index contributed by atoms with van der Waals surface area (Å²) in [6.45, 7) is 1.14. The molecule has 0 spiro atoms. The molecule has 0 bridgehead atoms. The SMILES string of the molecule is CN=C(NCCc1ccccc1F)NCc1cccc(OCC(=O)NC2CC2)c1.I. The number of aliphatic imine (C=N–C) groups is 1. The number of nitrogens with one attached hydrogen (secondary N) is 3. The zero-order chi connectivity index (χ0) is 20.5. The average molecular weight is 526 g/mol. The lowest BCUT2D eigenvalue weighted by molar-refractivity contribution is -0.123. The molecule has 0 saturated heterocycles. The molecule has 3 N–H and O–H groups in total. The fourth-order valence-electron chi connectivity index (χ4n) is 2.81. The standard InChI is InChI=1S/C22H27FN4O2.HI/c1-24-22(25-12-11-17-6-2-3-8-20(17)23)26-14-16-5-4-7-19(13-16)29-15-21(28)27-18-9-10-18;/h2-8,13,18H,9-12,14-15H2,1H3,(H,27,28)(H2,24,25,26);1H. The number of guanidine groups is 1. The Morgan fingerprint density at radius 1 is 1.17 bits per heavy atom. The van der Waals surface area contributed by atoms with Crippen molar-refractivity contribution in [2.45, 2.75) is 31.8 Å². The summed E-state index contributed by atoms with van der Waals surface area (Å²) in [7, 11) is 1.69. The van der Waals surface area contributed by atoms with Gasteiger partial charge in [0.1, 0.15) is 11.6 Å². The number of nitrogens with zero attached hydrogens (tertiary/aromatic N) is 1. The van der Waals surface area contributed by atoms with Gasteiger partial charge in [-0.05, 0) is 48.6 Å². The number of hydrogen-bond donors (Lipinski definition) is 3. The lowest BCUT2D eigenvalue weighted by Crippen LogP contribution is -2.37. The topological polar surface area (TPSA) is 74.8 Å². The molecule has 2 aromatic carbocycles. The van der Waals surface area contributed by atoms with Crippen LogP contribution in [0.25, 0.3) is 0 Å². The molecule has 0 heterocycles. The van der Waals surface area contributed by atoms with Crippen LogP contribution in [0.2, 0.25) is 0 Å². The smallest absolute Gasteiger partial charge is 0.258 e. The molecule has 30 heavy (non-hydrogen) atoms. The molecule has 2 aromatic rings. The van der Waals surface area contributed by atoms with Crippen molar-refractivity contribution in [2.24, 2.45) is 4.99 Å². The number of hydrogen-bond acceptors (Lipinski definition) is 3. The van der Waals surface area contributed by atoms with Gasteiger partial charge in [0.25, 0.3) is 5.91 Å². The van der Waals surface area contributed by atoms with E-state index < -0.39 is 0 Å². The van der Waals surface area contributed by atoms with Crippen molar-refractivity contribution < 1.29 is 13.9 Å². The van der Waals surface area contributed by atoms with Gasteiger partial charge in [-0.1, -0.05) is 30.3 Å². The van der Waals surface area contributed by atoms with Crippen molar-refractivity contribution in [2.75, 3.05) is 20.2 Å². The summed E-state index contributed by atoms with van der Waals surface area (Å²) in [4.78, 5) is 15.9. The average Bonchev–Trinajstić information content (AvgIpc) is 3.54. The Hall–Kier alpha value is -2.36. The van der Waals surface area contributed by atoms with Crippen LogP contribution in [0.1, 0.15) is 24.0 Å². The second kappa shape index (κ2) is 12.4. The molecule has 1 saturated carbocycles. The highest BCUT2D eigenvalue weighted by molar-refractivity contribution is 14.0. The van der Waals surface area contributed by atoms with Crippen molar-refractivity contribution in [3.05, 3.63) is 65.5 Å². The molecule has 0 atom stereocenters. The first kappa shape index (κ1) is 23.9. The van der Waals surface area contributed by atoms with Crippen LogP contribution in [0.15, 0.2) is 53.5 Å². The van der Waals surface area contributed by atoms with Gasteiger partial charge in [0.15, 0.2) is 12.6 Å². The van der Waals surface area contributed by atoms with Crippen molar-refractivity contribution >= 4 is 35.8 Å². The number of carbonyl (C=O) groups is 1. The van der Waals surface area contributed by atoms with Crippen LogP contribution in [0.3, 0.4) is 0 Å². The van der Waals surface area contributed by atoms with Crippen LogP contribution in [-0.4, -0.2) is 38.1 Å². The van der Waals surface area contributed by atoms with E-state index >= 15 is 0 Å². The maximum atomic E-state index is 13.7. The molecule has 162 valence electrons. The van der Waals surface area contributed by atoms with E-state index in [4.69, 9.17) is 4.74 Å². The summed E-state index contributed by atoms with van der Waals surface area (Å²) in [6, 6.07) is 14.7. The molecule has 3 rings (SSSR count). The van der Waals surface area contributed by atoms with Gasteiger partial charge in [-0.25, -0.2) is 4.39 Å². The van der Waals surface area contributed by atoms with Crippen LogP contribution in [0.4, 0.5) is 4.39 Å². The van der Waals surface area contributed by atoms with E-state index in [0.717, 1.165) is 18.4 Å². The number of ether oxygens (including phenoxy) is 1. The molecule has 1 fully saturated rings. The summed E-state index contributed by atoms with van der Waals surface area (Å²) < 4.78 is 19.2. The van der Waals surface area contributed by atoms with Crippen LogP contribution in [-0.2, 0) is 17.8 Å². The Morgan fingerprint density at radius 3 is 2.70 bits per heavy atom. The Morgan fingerprint density at radius 2 is 1.97 bits per heavy atom. The largest absolute Gasteiger partial charge is 0.484 e. The third-order valence-corrected chi connectivity index (χ3v) is 4.54. The Labute approximate surface area is 193 Å². The van der Waals surface area contributed by atoms with E-state index in [-0.39, 0.29) is 42.3 Å². The first-order valence-electron chi connectivity index (χ1n) is 9.83. The fraction of sp³-hybridized carbons (Fsp3) is 0.364. The number of amides is 1. The van der Waals surface area contributed by atoms with Gasteiger partial charge in [-0.3, -0.25) is 9.79 Å². The summed E-state index contributed by atoms with van der Waals surface area (Å²) in [5.41, 5.74) is 1.67. The molecule has 0 radical (unpaired) electrons. The van der Waals surface area contributed by atoms with Crippen LogP contribution >= 0.6 is 24.0 Å². The van der Waals surface area contributed by atoms with Gasteiger partial charge < -0.3 is 20.7 Å². The number of rotatable bonds is 9. The molecule has 1 aliphatic rings. The molecule has 1 aliphatic carbocycles. The number of carbonyl (C=O) groups excluding carboxylic acids is 1. The first-order valence-corrected chi connectivity index (χ1v) is 9.83. The molecule has 6 nitrogen and oxygen atoms in total. The number of halogens is 2. The summed E-state index contributed by atoms with van der Waals surface area (Å²) >= 11 is 0.